The molecule has 30 heavy (non-hydrogen) atoms. The first-order chi connectivity index (χ1) is 14.6. The maximum atomic E-state index is 12.3. The Kier molecular flexibility index (Phi) is 6.14. The van der Waals surface area contributed by atoms with E-state index in [0.717, 1.165) is 25.1 Å². The molecular weight excluding hydrogens is 394 g/mol. The number of fused-ring (bicyclic) bond motifs is 1. The number of nitrogens with one attached hydrogen (secondary N) is 2. The molecule has 1 aliphatic rings. The fourth-order valence-corrected chi connectivity index (χ4v) is 4.26. The molecule has 2 heterocycles. The minimum absolute atomic E-state index is 0.197. The summed E-state index contributed by atoms with van der Waals surface area (Å²) < 4.78 is 0. The van der Waals surface area contributed by atoms with Crippen LogP contribution in [0, 0.1) is 0 Å². The van der Waals surface area contributed by atoms with Crippen molar-refractivity contribution in [3.05, 3.63) is 87.6 Å². The summed E-state index contributed by atoms with van der Waals surface area (Å²) in [6.45, 7) is 4.06. The van der Waals surface area contributed by atoms with E-state index in [-0.39, 0.29) is 11.8 Å². The number of carbonyl (C=O) groups is 2. The first kappa shape index (κ1) is 20.2. The summed E-state index contributed by atoms with van der Waals surface area (Å²) in [5.74, 6) is -0.418. The minimum atomic E-state index is -0.589. The third kappa shape index (κ3) is 4.71. The molecule has 0 fully saturated rings. The molecular formula is C24H25N3O2S. The summed E-state index contributed by atoms with van der Waals surface area (Å²) in [5, 5.41) is 7.46. The van der Waals surface area contributed by atoms with Crippen LogP contribution in [0.3, 0.4) is 0 Å². The molecule has 2 amide bonds. The Morgan fingerprint density at radius 2 is 1.80 bits per heavy atom. The summed E-state index contributed by atoms with van der Waals surface area (Å²) in [4.78, 5) is 27.4. The van der Waals surface area contributed by atoms with Crippen LogP contribution in [0.2, 0.25) is 0 Å². The van der Waals surface area contributed by atoms with Gasteiger partial charge in [0.2, 0.25) is 5.91 Å². The lowest BCUT2D eigenvalue weighted by Crippen LogP contribution is -2.44. The van der Waals surface area contributed by atoms with Crippen molar-refractivity contribution in [1.82, 2.24) is 10.6 Å². The van der Waals surface area contributed by atoms with Crippen LogP contribution >= 0.6 is 11.3 Å². The van der Waals surface area contributed by atoms with E-state index in [9.17, 15) is 9.59 Å². The topological polar surface area (TPSA) is 61.4 Å². The van der Waals surface area contributed by atoms with Gasteiger partial charge in [0.1, 0.15) is 6.04 Å². The Labute approximate surface area is 180 Å². The van der Waals surface area contributed by atoms with Gasteiger partial charge in [-0.15, -0.1) is 11.3 Å². The third-order valence-corrected chi connectivity index (χ3v) is 6.20. The summed E-state index contributed by atoms with van der Waals surface area (Å²) >= 11 is 1.36. The van der Waals surface area contributed by atoms with Crippen molar-refractivity contribution >= 4 is 28.8 Å². The zero-order valence-electron chi connectivity index (χ0n) is 16.9. The number of para-hydroxylation sites is 1. The first-order valence-electron chi connectivity index (χ1n) is 10.1. The Hall–Kier alpha value is -3.12. The highest BCUT2D eigenvalue weighted by molar-refractivity contribution is 7.12. The second-order valence-corrected chi connectivity index (χ2v) is 8.45. The summed E-state index contributed by atoms with van der Waals surface area (Å²) in [6.07, 6.45) is 1.10. The van der Waals surface area contributed by atoms with Gasteiger partial charge in [-0.25, -0.2) is 0 Å². The van der Waals surface area contributed by atoms with Gasteiger partial charge in [0.05, 0.1) is 4.88 Å². The molecule has 0 aliphatic carbocycles. The molecule has 3 aromatic rings. The van der Waals surface area contributed by atoms with Crippen molar-refractivity contribution in [2.24, 2.45) is 0 Å². The molecule has 0 radical (unpaired) electrons. The molecule has 2 aromatic carbocycles. The number of hydrogen-bond acceptors (Lipinski definition) is 4. The highest BCUT2D eigenvalue weighted by atomic mass is 32.1. The monoisotopic (exact) mass is 419 g/mol. The van der Waals surface area contributed by atoms with Crippen LogP contribution in [0.1, 0.15) is 33.3 Å². The molecule has 1 aromatic heterocycles. The van der Waals surface area contributed by atoms with Gasteiger partial charge >= 0.3 is 0 Å². The Balaban J connectivity index is 1.26. The van der Waals surface area contributed by atoms with Crippen molar-refractivity contribution in [2.45, 2.75) is 32.5 Å². The van der Waals surface area contributed by atoms with Gasteiger partial charge in [0.25, 0.3) is 5.91 Å². The van der Waals surface area contributed by atoms with E-state index in [4.69, 9.17) is 0 Å². The van der Waals surface area contributed by atoms with E-state index in [2.05, 4.69) is 51.9 Å². The molecule has 1 unspecified atom stereocenters. The maximum Gasteiger partial charge on any atom is 0.261 e. The molecule has 6 heteroatoms. The van der Waals surface area contributed by atoms with Crippen LogP contribution in [0.15, 0.2) is 66.0 Å². The van der Waals surface area contributed by atoms with E-state index in [1.807, 2.05) is 23.6 Å². The number of nitrogens with zero attached hydrogens (tertiary/aromatic N) is 1. The van der Waals surface area contributed by atoms with Gasteiger partial charge in [-0.05, 0) is 47.5 Å². The predicted octanol–water partition coefficient (Wildman–Crippen LogP) is 3.75. The SMILES string of the molecule is CC(NC(=O)c1cccs1)C(=O)NCc1ccc(CN2CCc3ccccc32)cc1. The van der Waals surface area contributed by atoms with Crippen LogP contribution < -0.4 is 15.5 Å². The zero-order chi connectivity index (χ0) is 20.9. The quantitative estimate of drug-likeness (QED) is 0.613. The predicted molar refractivity (Wildman–Crippen MR) is 121 cm³/mol. The van der Waals surface area contributed by atoms with Crippen LogP contribution in [-0.2, 0) is 24.3 Å². The van der Waals surface area contributed by atoms with Crippen molar-refractivity contribution < 1.29 is 9.59 Å². The molecule has 0 spiro atoms. The van der Waals surface area contributed by atoms with Gasteiger partial charge in [-0.3, -0.25) is 9.59 Å². The van der Waals surface area contributed by atoms with E-state index < -0.39 is 6.04 Å². The second-order valence-electron chi connectivity index (χ2n) is 7.51. The second kappa shape index (κ2) is 9.13. The zero-order valence-corrected chi connectivity index (χ0v) is 17.7. The molecule has 1 atom stereocenters. The lowest BCUT2D eigenvalue weighted by atomic mass is 10.1. The number of rotatable bonds is 7. The lowest BCUT2D eigenvalue weighted by molar-refractivity contribution is -0.122. The first-order valence-corrected chi connectivity index (χ1v) is 11.0. The van der Waals surface area contributed by atoms with Gasteiger partial charge in [0, 0.05) is 25.3 Å². The number of hydrogen-bond donors (Lipinski definition) is 2. The largest absolute Gasteiger partial charge is 0.367 e. The molecule has 0 saturated carbocycles. The number of benzene rings is 2. The van der Waals surface area contributed by atoms with E-state index in [0.29, 0.717) is 11.4 Å². The minimum Gasteiger partial charge on any atom is -0.367 e. The molecule has 4 rings (SSSR count). The average molecular weight is 420 g/mol. The average Bonchev–Trinajstić information content (AvgIpc) is 3.44. The maximum absolute atomic E-state index is 12.3. The summed E-state index contributed by atoms with van der Waals surface area (Å²) in [6, 6.07) is 19.9. The lowest BCUT2D eigenvalue weighted by Gasteiger charge is -2.19. The molecule has 5 nitrogen and oxygen atoms in total. The molecule has 0 bridgehead atoms. The van der Waals surface area contributed by atoms with Gasteiger partial charge in [-0.2, -0.15) is 0 Å². The molecule has 1 aliphatic heterocycles. The Morgan fingerprint density at radius 3 is 2.57 bits per heavy atom. The molecule has 2 N–H and O–H groups in total. The molecule has 0 saturated heterocycles. The summed E-state index contributed by atoms with van der Waals surface area (Å²) in [7, 11) is 0. The van der Waals surface area contributed by atoms with E-state index in [1.165, 1.54) is 28.2 Å². The fourth-order valence-electron chi connectivity index (χ4n) is 3.64. The highest BCUT2D eigenvalue weighted by Crippen LogP contribution is 2.28. The number of thiophene rings is 1. The van der Waals surface area contributed by atoms with Crippen molar-refractivity contribution in [2.75, 3.05) is 11.4 Å². The van der Waals surface area contributed by atoms with E-state index in [1.54, 1.807) is 13.0 Å². The molecule has 154 valence electrons. The van der Waals surface area contributed by atoms with Crippen LogP contribution in [0.25, 0.3) is 0 Å². The van der Waals surface area contributed by atoms with Crippen LogP contribution in [0.5, 0.6) is 0 Å². The van der Waals surface area contributed by atoms with Crippen LogP contribution in [-0.4, -0.2) is 24.4 Å². The normalized spacial score (nSPS) is 13.6. The summed E-state index contributed by atoms with van der Waals surface area (Å²) in [5.41, 5.74) is 5.02. The number of anilines is 1. The standard InChI is InChI=1S/C24H25N3O2S/c1-17(26-24(29)22-7-4-14-30-22)23(28)25-15-18-8-10-19(11-9-18)16-27-13-12-20-5-2-3-6-21(20)27/h2-11,14,17H,12-13,15-16H2,1H3,(H,25,28)(H,26,29). The van der Waals surface area contributed by atoms with Crippen molar-refractivity contribution in [3.63, 3.8) is 0 Å². The fraction of sp³-hybridized carbons (Fsp3) is 0.250. The highest BCUT2D eigenvalue weighted by Gasteiger charge is 2.19. The smallest absolute Gasteiger partial charge is 0.261 e. The van der Waals surface area contributed by atoms with Gasteiger partial charge in [0.15, 0.2) is 0 Å². The Morgan fingerprint density at radius 1 is 1.03 bits per heavy atom. The number of carbonyl (C=O) groups excluding carboxylic acids is 2. The van der Waals surface area contributed by atoms with Crippen molar-refractivity contribution in [1.29, 1.82) is 0 Å². The number of amides is 2. The third-order valence-electron chi connectivity index (χ3n) is 5.33. The van der Waals surface area contributed by atoms with Crippen molar-refractivity contribution in [3.8, 4) is 0 Å². The Bertz CT molecular complexity index is 1020. The van der Waals surface area contributed by atoms with Gasteiger partial charge in [-0.1, -0.05) is 48.5 Å². The van der Waals surface area contributed by atoms with E-state index >= 15 is 0 Å². The van der Waals surface area contributed by atoms with Crippen LogP contribution in [0.4, 0.5) is 5.69 Å². The van der Waals surface area contributed by atoms with Gasteiger partial charge < -0.3 is 15.5 Å².